The molecule has 19 heavy (non-hydrogen) atoms. The Balaban J connectivity index is 2.92. The van der Waals surface area contributed by atoms with Crippen LogP contribution in [-0.4, -0.2) is 29.7 Å². The quantitative estimate of drug-likeness (QED) is 0.872. The first-order chi connectivity index (χ1) is 8.76. The lowest BCUT2D eigenvalue weighted by Gasteiger charge is -2.22. The summed E-state index contributed by atoms with van der Waals surface area (Å²) in [5, 5.41) is 11.7. The minimum absolute atomic E-state index is 0.0799. The highest BCUT2D eigenvalue weighted by atomic mass is 35.5. The van der Waals surface area contributed by atoms with Crippen LogP contribution in [0.2, 0.25) is 5.02 Å². The number of methoxy groups -OCH3 is 1. The number of halogens is 1. The number of hydrogen-bond donors (Lipinski definition) is 2. The van der Waals surface area contributed by atoms with Crippen LogP contribution in [0.25, 0.3) is 0 Å². The van der Waals surface area contributed by atoms with Crippen molar-refractivity contribution in [3.8, 4) is 0 Å². The summed E-state index contributed by atoms with van der Waals surface area (Å²) < 4.78 is 5.14. The van der Waals surface area contributed by atoms with Crippen LogP contribution in [0.5, 0.6) is 0 Å². The highest BCUT2D eigenvalue weighted by molar-refractivity contribution is 6.34. The van der Waals surface area contributed by atoms with Crippen LogP contribution in [0.1, 0.15) is 30.6 Å². The maximum Gasteiger partial charge on any atom is 0.339 e. The van der Waals surface area contributed by atoms with Gasteiger partial charge in [-0.15, -0.1) is 0 Å². The van der Waals surface area contributed by atoms with Crippen molar-refractivity contribution in [1.82, 2.24) is 0 Å². The summed E-state index contributed by atoms with van der Waals surface area (Å²) in [6, 6.07) is 4.53. The largest absolute Gasteiger partial charge is 0.478 e. The number of anilines is 1. The van der Waals surface area contributed by atoms with Crippen molar-refractivity contribution in [2.24, 2.45) is 0 Å². The van der Waals surface area contributed by atoms with E-state index in [4.69, 9.17) is 21.4 Å². The first-order valence-corrected chi connectivity index (χ1v) is 6.01. The highest BCUT2D eigenvalue weighted by Crippen LogP contribution is 2.25. The van der Waals surface area contributed by atoms with Crippen LogP contribution >= 0.6 is 11.6 Å². The van der Waals surface area contributed by atoms with Crippen molar-refractivity contribution in [3.63, 3.8) is 0 Å². The fourth-order valence-electron chi connectivity index (χ4n) is 1.50. The predicted molar refractivity (Wildman–Crippen MR) is 72.7 cm³/mol. The fourth-order valence-corrected chi connectivity index (χ4v) is 1.75. The Morgan fingerprint density at radius 2 is 2.05 bits per heavy atom. The summed E-state index contributed by atoms with van der Waals surface area (Å²) in [5.41, 5.74) is -0.559. The summed E-state index contributed by atoms with van der Waals surface area (Å²) in [6.45, 7) is 3.53. The summed E-state index contributed by atoms with van der Waals surface area (Å²) in [5.74, 6) is -1.52. The first kappa shape index (κ1) is 15.5. The second-order valence-electron chi connectivity index (χ2n) is 4.66. The van der Waals surface area contributed by atoms with E-state index >= 15 is 0 Å². The molecule has 0 aliphatic carbocycles. The number of benzene rings is 1. The summed E-state index contributed by atoms with van der Waals surface area (Å²) in [7, 11) is 1.51. The summed E-state index contributed by atoms with van der Waals surface area (Å²) in [6.07, 6.45) is 0.106. The number of nitrogens with one attached hydrogen (secondary N) is 1. The lowest BCUT2D eigenvalue weighted by atomic mass is 10.0. The molecule has 6 heteroatoms. The van der Waals surface area contributed by atoms with Gasteiger partial charge in [-0.2, -0.15) is 0 Å². The molecule has 0 heterocycles. The van der Waals surface area contributed by atoms with Gasteiger partial charge < -0.3 is 15.2 Å². The van der Waals surface area contributed by atoms with E-state index in [-0.39, 0.29) is 28.6 Å². The molecule has 0 aliphatic rings. The van der Waals surface area contributed by atoms with Crippen molar-refractivity contribution >= 4 is 29.2 Å². The number of carbonyl (C=O) groups is 2. The Kier molecular flexibility index (Phi) is 4.91. The van der Waals surface area contributed by atoms with Crippen LogP contribution in [0.3, 0.4) is 0 Å². The Labute approximate surface area is 116 Å². The van der Waals surface area contributed by atoms with E-state index < -0.39 is 11.6 Å². The molecular weight excluding hydrogens is 270 g/mol. The zero-order valence-electron chi connectivity index (χ0n) is 11.0. The molecule has 0 radical (unpaired) electrons. The van der Waals surface area contributed by atoms with E-state index in [1.54, 1.807) is 19.9 Å². The third-order valence-corrected chi connectivity index (χ3v) is 2.96. The van der Waals surface area contributed by atoms with E-state index in [0.29, 0.717) is 0 Å². The molecule has 1 rings (SSSR count). The van der Waals surface area contributed by atoms with Crippen LogP contribution in [-0.2, 0) is 9.53 Å². The number of rotatable bonds is 5. The lowest BCUT2D eigenvalue weighted by Crippen LogP contribution is -2.29. The summed E-state index contributed by atoms with van der Waals surface area (Å²) in [4.78, 5) is 23.0. The average Bonchev–Trinajstić information content (AvgIpc) is 2.27. The number of ether oxygens (including phenoxy) is 1. The number of carboxylic acids is 1. The predicted octanol–water partition coefficient (Wildman–Crippen LogP) is 2.79. The maximum atomic E-state index is 11.8. The molecule has 1 aromatic carbocycles. The van der Waals surface area contributed by atoms with Crippen LogP contribution < -0.4 is 5.32 Å². The fraction of sp³-hybridized carbons (Fsp3) is 0.385. The molecule has 0 saturated carbocycles. The van der Waals surface area contributed by atoms with Gasteiger partial charge in [0.05, 0.1) is 22.7 Å². The molecule has 0 aromatic heterocycles. The van der Waals surface area contributed by atoms with Crippen molar-refractivity contribution in [2.45, 2.75) is 25.9 Å². The third kappa shape index (κ3) is 4.22. The van der Waals surface area contributed by atoms with Gasteiger partial charge in [0.25, 0.3) is 0 Å². The first-order valence-electron chi connectivity index (χ1n) is 5.63. The molecule has 1 aromatic rings. The van der Waals surface area contributed by atoms with Gasteiger partial charge in [-0.25, -0.2) is 4.79 Å². The van der Waals surface area contributed by atoms with Gasteiger partial charge in [-0.05, 0) is 26.0 Å². The molecule has 0 bridgehead atoms. The monoisotopic (exact) mass is 285 g/mol. The van der Waals surface area contributed by atoms with Gasteiger partial charge in [0.15, 0.2) is 0 Å². The molecule has 0 saturated heterocycles. The molecule has 0 unspecified atom stereocenters. The zero-order chi connectivity index (χ0) is 14.6. The topological polar surface area (TPSA) is 75.6 Å². The van der Waals surface area contributed by atoms with Crippen LogP contribution in [0, 0.1) is 0 Å². The van der Waals surface area contributed by atoms with Crippen LogP contribution in [0.15, 0.2) is 18.2 Å². The molecule has 2 N–H and O–H groups in total. The van der Waals surface area contributed by atoms with Gasteiger partial charge in [0, 0.05) is 7.11 Å². The molecule has 0 aliphatic heterocycles. The number of amides is 1. The second kappa shape index (κ2) is 6.04. The van der Waals surface area contributed by atoms with Crippen molar-refractivity contribution in [2.75, 3.05) is 12.4 Å². The van der Waals surface area contributed by atoms with E-state index in [1.807, 2.05) is 0 Å². The molecule has 0 spiro atoms. The minimum atomic E-state index is -1.19. The third-order valence-electron chi connectivity index (χ3n) is 2.64. The molecule has 1 amide bonds. The normalized spacial score (nSPS) is 11.2. The SMILES string of the molecule is COC(C)(C)CC(=O)Nc1cccc(Cl)c1C(=O)O. The summed E-state index contributed by atoms with van der Waals surface area (Å²) >= 11 is 5.81. The molecule has 0 atom stereocenters. The lowest BCUT2D eigenvalue weighted by molar-refractivity contribution is -0.121. The standard InChI is InChI=1S/C13H16ClNO4/c1-13(2,19-3)7-10(16)15-9-6-4-5-8(14)11(9)12(17)18/h4-6H,7H2,1-3H3,(H,15,16)(H,17,18). The van der Waals surface area contributed by atoms with Gasteiger partial charge in [-0.1, -0.05) is 17.7 Å². The minimum Gasteiger partial charge on any atom is -0.478 e. The molecular formula is C13H16ClNO4. The van der Waals surface area contributed by atoms with Crippen molar-refractivity contribution in [3.05, 3.63) is 28.8 Å². The van der Waals surface area contributed by atoms with E-state index in [0.717, 1.165) is 0 Å². The van der Waals surface area contributed by atoms with Crippen molar-refractivity contribution in [1.29, 1.82) is 0 Å². The molecule has 5 nitrogen and oxygen atoms in total. The number of aromatic carboxylic acids is 1. The number of hydrogen-bond acceptors (Lipinski definition) is 3. The number of carbonyl (C=O) groups excluding carboxylic acids is 1. The van der Waals surface area contributed by atoms with Crippen molar-refractivity contribution < 1.29 is 19.4 Å². The molecule has 0 fully saturated rings. The number of carboxylic acid groups (broad SMARTS) is 1. The zero-order valence-corrected chi connectivity index (χ0v) is 11.7. The van der Waals surface area contributed by atoms with E-state index in [1.165, 1.54) is 19.2 Å². The van der Waals surface area contributed by atoms with E-state index in [9.17, 15) is 9.59 Å². The molecule has 104 valence electrons. The van der Waals surface area contributed by atoms with Gasteiger partial charge >= 0.3 is 5.97 Å². The van der Waals surface area contributed by atoms with Gasteiger partial charge in [-0.3, -0.25) is 4.79 Å². The van der Waals surface area contributed by atoms with Gasteiger partial charge in [0.2, 0.25) is 5.91 Å². The van der Waals surface area contributed by atoms with E-state index in [2.05, 4.69) is 5.32 Å². The maximum absolute atomic E-state index is 11.8. The Morgan fingerprint density at radius 3 is 2.58 bits per heavy atom. The van der Waals surface area contributed by atoms with Gasteiger partial charge in [0.1, 0.15) is 5.56 Å². The smallest absolute Gasteiger partial charge is 0.339 e. The highest BCUT2D eigenvalue weighted by Gasteiger charge is 2.23. The Bertz CT molecular complexity index is 499. The second-order valence-corrected chi connectivity index (χ2v) is 5.06. The average molecular weight is 286 g/mol. The van der Waals surface area contributed by atoms with Crippen LogP contribution in [0.4, 0.5) is 5.69 Å². The Hall–Kier alpha value is -1.59. The Morgan fingerprint density at radius 1 is 1.42 bits per heavy atom.